The number of hydrogen-bond acceptors (Lipinski definition) is 2. The molecule has 2 aromatic carbocycles. The van der Waals surface area contributed by atoms with Crippen molar-refractivity contribution in [2.75, 3.05) is 11.4 Å². The van der Waals surface area contributed by atoms with E-state index in [2.05, 4.69) is 5.32 Å². The molecule has 2 rings (SSSR count). The first kappa shape index (κ1) is 16.0. The minimum Gasteiger partial charge on any atom is -0.350 e. The summed E-state index contributed by atoms with van der Waals surface area (Å²) in [6.07, 6.45) is 0. The normalized spacial score (nSPS) is 10.1. The van der Waals surface area contributed by atoms with Crippen LogP contribution in [0.2, 0.25) is 5.02 Å². The molecule has 0 spiro atoms. The molecule has 0 aliphatic carbocycles. The molecular formula is C17H17ClN2O2. The zero-order valence-electron chi connectivity index (χ0n) is 12.3. The molecular weight excluding hydrogens is 300 g/mol. The van der Waals surface area contributed by atoms with Crippen molar-refractivity contribution in [1.82, 2.24) is 5.32 Å². The van der Waals surface area contributed by atoms with Gasteiger partial charge in [-0.25, -0.2) is 0 Å². The van der Waals surface area contributed by atoms with Crippen molar-refractivity contribution in [3.05, 3.63) is 65.2 Å². The smallest absolute Gasteiger partial charge is 0.240 e. The standard InChI is InChI=1S/C17H17ClN2O2/c1-13(21)20(15-8-3-2-4-9-15)12-17(22)19-11-14-7-5-6-10-16(14)18/h2-10H,11-12H2,1H3,(H,19,22). The van der Waals surface area contributed by atoms with Gasteiger partial charge in [0.1, 0.15) is 6.54 Å². The Morgan fingerprint density at radius 1 is 1.05 bits per heavy atom. The summed E-state index contributed by atoms with van der Waals surface area (Å²) in [6, 6.07) is 16.4. The third-order valence-electron chi connectivity index (χ3n) is 3.18. The fraction of sp³-hybridized carbons (Fsp3) is 0.176. The maximum absolute atomic E-state index is 12.1. The molecule has 114 valence electrons. The number of nitrogens with zero attached hydrogens (tertiary/aromatic N) is 1. The van der Waals surface area contributed by atoms with Crippen LogP contribution in [-0.2, 0) is 16.1 Å². The summed E-state index contributed by atoms with van der Waals surface area (Å²) < 4.78 is 0. The number of para-hydroxylation sites is 1. The molecule has 2 amide bonds. The fourth-order valence-corrected chi connectivity index (χ4v) is 2.23. The number of amides is 2. The maximum Gasteiger partial charge on any atom is 0.240 e. The lowest BCUT2D eigenvalue weighted by Crippen LogP contribution is -2.39. The van der Waals surface area contributed by atoms with E-state index >= 15 is 0 Å². The monoisotopic (exact) mass is 316 g/mol. The molecule has 0 unspecified atom stereocenters. The number of anilines is 1. The molecule has 5 heteroatoms. The van der Waals surface area contributed by atoms with Crippen molar-refractivity contribution in [2.45, 2.75) is 13.5 Å². The summed E-state index contributed by atoms with van der Waals surface area (Å²) in [5.41, 5.74) is 1.54. The molecule has 0 atom stereocenters. The van der Waals surface area contributed by atoms with E-state index in [9.17, 15) is 9.59 Å². The maximum atomic E-state index is 12.1. The molecule has 0 heterocycles. The van der Waals surface area contributed by atoms with Crippen molar-refractivity contribution >= 4 is 29.1 Å². The van der Waals surface area contributed by atoms with Crippen LogP contribution in [0, 0.1) is 0 Å². The predicted molar refractivity (Wildman–Crippen MR) is 87.8 cm³/mol. The van der Waals surface area contributed by atoms with Crippen LogP contribution in [0.3, 0.4) is 0 Å². The second-order valence-electron chi connectivity index (χ2n) is 4.81. The lowest BCUT2D eigenvalue weighted by Gasteiger charge is -2.20. The third kappa shape index (κ3) is 4.33. The Kier molecular flexibility index (Phi) is 5.55. The summed E-state index contributed by atoms with van der Waals surface area (Å²) in [6.45, 7) is 1.75. The molecule has 1 N–H and O–H groups in total. The summed E-state index contributed by atoms with van der Waals surface area (Å²) in [7, 11) is 0. The van der Waals surface area contributed by atoms with Crippen LogP contribution in [0.15, 0.2) is 54.6 Å². The Labute approximate surface area is 134 Å². The first-order valence-corrected chi connectivity index (χ1v) is 7.29. The Hall–Kier alpha value is -2.33. The van der Waals surface area contributed by atoms with Gasteiger partial charge in [0.15, 0.2) is 0 Å². The Bertz CT molecular complexity index is 659. The van der Waals surface area contributed by atoms with Gasteiger partial charge in [-0.1, -0.05) is 48.0 Å². The quantitative estimate of drug-likeness (QED) is 0.922. The molecule has 0 radical (unpaired) electrons. The van der Waals surface area contributed by atoms with Gasteiger partial charge in [-0.15, -0.1) is 0 Å². The number of rotatable bonds is 5. The number of carbonyl (C=O) groups excluding carboxylic acids is 2. The summed E-state index contributed by atoms with van der Waals surface area (Å²) in [5.74, 6) is -0.418. The highest BCUT2D eigenvalue weighted by Gasteiger charge is 2.15. The molecule has 0 saturated carbocycles. The highest BCUT2D eigenvalue weighted by molar-refractivity contribution is 6.31. The Morgan fingerprint density at radius 3 is 2.32 bits per heavy atom. The van der Waals surface area contributed by atoms with Crippen molar-refractivity contribution in [2.24, 2.45) is 0 Å². The van der Waals surface area contributed by atoms with Crippen molar-refractivity contribution < 1.29 is 9.59 Å². The number of nitrogens with one attached hydrogen (secondary N) is 1. The van der Waals surface area contributed by atoms with Gasteiger partial charge in [0.2, 0.25) is 11.8 Å². The van der Waals surface area contributed by atoms with Crippen LogP contribution >= 0.6 is 11.6 Å². The van der Waals surface area contributed by atoms with Crippen LogP contribution in [0.1, 0.15) is 12.5 Å². The Morgan fingerprint density at radius 2 is 1.68 bits per heavy atom. The minimum absolute atomic E-state index is 0.0240. The fourth-order valence-electron chi connectivity index (χ4n) is 2.03. The van der Waals surface area contributed by atoms with Gasteiger partial charge >= 0.3 is 0 Å². The average molecular weight is 317 g/mol. The van der Waals surface area contributed by atoms with Crippen LogP contribution < -0.4 is 10.2 Å². The van der Waals surface area contributed by atoms with Crippen molar-refractivity contribution in [1.29, 1.82) is 0 Å². The van der Waals surface area contributed by atoms with E-state index in [1.54, 1.807) is 18.2 Å². The molecule has 0 bridgehead atoms. The molecule has 0 aromatic heterocycles. The highest BCUT2D eigenvalue weighted by atomic mass is 35.5. The SMILES string of the molecule is CC(=O)N(CC(=O)NCc1ccccc1Cl)c1ccccc1. The van der Waals surface area contributed by atoms with Gasteiger partial charge in [-0.2, -0.15) is 0 Å². The summed E-state index contributed by atoms with van der Waals surface area (Å²) in [5, 5.41) is 3.38. The lowest BCUT2D eigenvalue weighted by atomic mass is 10.2. The van der Waals surface area contributed by atoms with Crippen LogP contribution in [0.4, 0.5) is 5.69 Å². The largest absolute Gasteiger partial charge is 0.350 e. The molecule has 0 saturated heterocycles. The van der Waals surface area contributed by atoms with Gasteiger partial charge in [-0.3, -0.25) is 9.59 Å². The van der Waals surface area contributed by atoms with Crippen molar-refractivity contribution in [3.8, 4) is 0 Å². The molecule has 0 aliphatic rings. The number of hydrogen-bond donors (Lipinski definition) is 1. The topological polar surface area (TPSA) is 49.4 Å². The van der Waals surface area contributed by atoms with E-state index in [4.69, 9.17) is 11.6 Å². The first-order chi connectivity index (χ1) is 10.6. The van der Waals surface area contributed by atoms with Crippen LogP contribution in [0.25, 0.3) is 0 Å². The van der Waals surface area contributed by atoms with E-state index in [0.29, 0.717) is 17.3 Å². The van der Waals surface area contributed by atoms with E-state index in [0.717, 1.165) is 5.56 Å². The second kappa shape index (κ2) is 7.61. The number of benzene rings is 2. The summed E-state index contributed by atoms with van der Waals surface area (Å²) in [4.78, 5) is 25.2. The molecule has 0 fully saturated rings. The molecule has 2 aromatic rings. The van der Waals surface area contributed by atoms with Crippen LogP contribution in [0.5, 0.6) is 0 Å². The molecule has 4 nitrogen and oxygen atoms in total. The first-order valence-electron chi connectivity index (χ1n) is 6.91. The van der Waals surface area contributed by atoms with Gasteiger partial charge in [0, 0.05) is 24.2 Å². The number of halogens is 1. The minimum atomic E-state index is -0.237. The van der Waals surface area contributed by atoms with Gasteiger partial charge < -0.3 is 10.2 Å². The van der Waals surface area contributed by atoms with Crippen LogP contribution in [-0.4, -0.2) is 18.4 Å². The number of carbonyl (C=O) groups is 2. The predicted octanol–water partition coefficient (Wildman–Crippen LogP) is 3.01. The van der Waals surface area contributed by atoms with E-state index in [-0.39, 0.29) is 18.4 Å². The zero-order chi connectivity index (χ0) is 15.9. The van der Waals surface area contributed by atoms with E-state index in [1.165, 1.54) is 11.8 Å². The average Bonchev–Trinajstić information content (AvgIpc) is 2.52. The highest BCUT2D eigenvalue weighted by Crippen LogP contribution is 2.15. The summed E-state index contributed by atoms with van der Waals surface area (Å²) >= 11 is 6.04. The van der Waals surface area contributed by atoms with E-state index < -0.39 is 0 Å². The Balaban J connectivity index is 1.98. The van der Waals surface area contributed by atoms with Crippen molar-refractivity contribution in [3.63, 3.8) is 0 Å². The zero-order valence-corrected chi connectivity index (χ0v) is 13.0. The van der Waals surface area contributed by atoms with E-state index in [1.807, 2.05) is 36.4 Å². The molecule has 22 heavy (non-hydrogen) atoms. The van der Waals surface area contributed by atoms with Gasteiger partial charge in [0.05, 0.1) is 0 Å². The molecule has 0 aliphatic heterocycles. The van der Waals surface area contributed by atoms with Gasteiger partial charge in [-0.05, 0) is 23.8 Å². The lowest BCUT2D eigenvalue weighted by molar-refractivity contribution is -0.123. The second-order valence-corrected chi connectivity index (χ2v) is 5.22. The van der Waals surface area contributed by atoms with Gasteiger partial charge in [0.25, 0.3) is 0 Å². The third-order valence-corrected chi connectivity index (χ3v) is 3.55.